The topological polar surface area (TPSA) is 63.3 Å². The van der Waals surface area contributed by atoms with Gasteiger partial charge in [0.25, 0.3) is 5.13 Å². The van der Waals surface area contributed by atoms with Crippen molar-refractivity contribution >= 4 is 29.2 Å². The Kier molecular flexibility index (Phi) is 4.06. The van der Waals surface area contributed by atoms with Crippen LogP contribution in [0.5, 0.6) is 0 Å². The van der Waals surface area contributed by atoms with E-state index in [4.69, 9.17) is 22.4 Å². The molecule has 3 unspecified atom stereocenters. The maximum atomic E-state index is 13.1. The summed E-state index contributed by atoms with van der Waals surface area (Å²) >= 11 is 9.19. The van der Waals surface area contributed by atoms with E-state index in [2.05, 4.69) is 11.6 Å². The maximum Gasteiger partial charge on any atom is 0.369 e. The van der Waals surface area contributed by atoms with Crippen LogP contribution in [0.15, 0.2) is 0 Å². The Morgan fingerprint density at radius 3 is 2.00 bits per heavy atom. The zero-order valence-corrected chi connectivity index (χ0v) is 8.49. The highest BCUT2D eigenvalue weighted by Crippen LogP contribution is 2.45. The first-order chi connectivity index (χ1) is 6.01. The summed E-state index contributed by atoms with van der Waals surface area (Å²) in [4.78, 5) is 10.3. The Balaban J connectivity index is 4.84. The number of hydrogen-bond donors (Lipinski definition) is 2. The summed E-state index contributed by atoms with van der Waals surface area (Å²) in [6.45, 7) is 0.835. The number of alkyl halides is 5. The Morgan fingerprint density at radius 2 is 1.79 bits per heavy atom. The highest BCUT2D eigenvalue weighted by Gasteiger charge is 2.58. The molecule has 0 aliphatic heterocycles. The second-order valence-corrected chi connectivity index (χ2v) is 3.80. The summed E-state index contributed by atoms with van der Waals surface area (Å²) in [5, 5.41) is 0.253. The molecule has 0 fully saturated rings. The van der Waals surface area contributed by atoms with Gasteiger partial charge in [0.1, 0.15) is 6.04 Å². The Bertz CT molecular complexity index is 232. The third-order valence-electron chi connectivity index (χ3n) is 1.77. The van der Waals surface area contributed by atoms with Gasteiger partial charge >= 0.3 is 11.4 Å². The van der Waals surface area contributed by atoms with Crippen LogP contribution in [-0.2, 0) is 4.79 Å². The number of rotatable bonds is 4. The standard InChI is InChI=1S/C6H8Cl2F3NO2/c1-2(3(12)4(13)14)5(7,9)6(8,10)11/h2-3H,12H2,1H3,(H,13,14). The molecule has 84 valence electrons. The fraction of sp³-hybridized carbons (Fsp3) is 0.833. The molecule has 0 heterocycles. The summed E-state index contributed by atoms with van der Waals surface area (Å²) in [5.74, 6) is -3.48. The van der Waals surface area contributed by atoms with Crippen LogP contribution >= 0.6 is 23.2 Å². The predicted molar refractivity (Wildman–Crippen MR) is 45.3 cm³/mol. The molecule has 0 aromatic heterocycles. The number of halogens is 5. The number of aliphatic carboxylic acids is 1. The molecule has 0 aliphatic rings. The van der Waals surface area contributed by atoms with Crippen LogP contribution in [-0.4, -0.2) is 27.6 Å². The first-order valence-corrected chi connectivity index (χ1v) is 4.20. The fourth-order valence-electron chi connectivity index (χ4n) is 0.698. The lowest BCUT2D eigenvalue weighted by atomic mass is 9.97. The van der Waals surface area contributed by atoms with Crippen LogP contribution < -0.4 is 5.73 Å². The van der Waals surface area contributed by atoms with Crippen molar-refractivity contribution in [1.29, 1.82) is 0 Å². The lowest BCUT2D eigenvalue weighted by Crippen LogP contribution is -2.51. The van der Waals surface area contributed by atoms with Gasteiger partial charge in [-0.25, -0.2) is 4.39 Å². The predicted octanol–water partition coefficient (Wildman–Crippen LogP) is 1.77. The highest BCUT2D eigenvalue weighted by molar-refractivity contribution is 6.32. The molecule has 0 aromatic rings. The van der Waals surface area contributed by atoms with Crippen molar-refractivity contribution in [2.75, 3.05) is 0 Å². The summed E-state index contributed by atoms with van der Waals surface area (Å²) in [6, 6.07) is -1.86. The van der Waals surface area contributed by atoms with Crippen molar-refractivity contribution in [2.45, 2.75) is 23.5 Å². The second-order valence-electron chi connectivity index (χ2n) is 2.77. The van der Waals surface area contributed by atoms with Gasteiger partial charge in [-0.05, 0) is 11.6 Å². The summed E-state index contributed by atoms with van der Waals surface area (Å²) in [6.07, 6.45) is 0. The van der Waals surface area contributed by atoms with Crippen molar-refractivity contribution in [1.82, 2.24) is 0 Å². The third-order valence-corrected chi connectivity index (χ3v) is 2.73. The molecule has 0 amide bonds. The van der Waals surface area contributed by atoms with Crippen molar-refractivity contribution in [3.8, 4) is 0 Å². The quantitative estimate of drug-likeness (QED) is 0.751. The molecule has 8 heteroatoms. The molecule has 3 atom stereocenters. The minimum Gasteiger partial charge on any atom is -0.480 e. The van der Waals surface area contributed by atoms with Gasteiger partial charge in [-0.2, -0.15) is 8.78 Å². The molecule has 0 saturated carbocycles. The van der Waals surface area contributed by atoms with Crippen molar-refractivity contribution in [3.63, 3.8) is 0 Å². The molecule has 0 radical (unpaired) electrons. The second kappa shape index (κ2) is 4.12. The van der Waals surface area contributed by atoms with Crippen molar-refractivity contribution in [3.05, 3.63) is 0 Å². The van der Waals surface area contributed by atoms with Crippen LogP contribution in [0.25, 0.3) is 0 Å². The van der Waals surface area contributed by atoms with Gasteiger partial charge in [0.05, 0.1) is 0 Å². The molecule has 0 aromatic carbocycles. The molecule has 0 bridgehead atoms. The number of hydrogen-bond acceptors (Lipinski definition) is 2. The third kappa shape index (κ3) is 2.65. The first-order valence-electron chi connectivity index (χ1n) is 3.44. The average Bonchev–Trinajstić information content (AvgIpc) is 1.99. The van der Waals surface area contributed by atoms with E-state index in [9.17, 15) is 18.0 Å². The minimum absolute atomic E-state index is 0.835. The van der Waals surface area contributed by atoms with E-state index in [1.54, 1.807) is 0 Å². The summed E-state index contributed by atoms with van der Waals surface area (Å²) in [5.41, 5.74) is 4.93. The molecule has 0 aliphatic carbocycles. The van der Waals surface area contributed by atoms with Gasteiger partial charge in [-0.3, -0.25) is 4.79 Å². The van der Waals surface area contributed by atoms with Gasteiger partial charge < -0.3 is 10.8 Å². The van der Waals surface area contributed by atoms with E-state index in [0.717, 1.165) is 6.92 Å². The lowest BCUT2D eigenvalue weighted by molar-refractivity contribution is -0.142. The number of nitrogens with two attached hydrogens (primary N) is 1. The van der Waals surface area contributed by atoms with E-state index < -0.39 is 28.4 Å². The Labute approximate surface area is 88.0 Å². The van der Waals surface area contributed by atoms with Gasteiger partial charge in [0.15, 0.2) is 0 Å². The average molecular weight is 254 g/mol. The Morgan fingerprint density at radius 1 is 1.43 bits per heavy atom. The zero-order valence-electron chi connectivity index (χ0n) is 6.98. The van der Waals surface area contributed by atoms with E-state index in [0.29, 0.717) is 0 Å². The summed E-state index contributed by atoms with van der Waals surface area (Å²) < 4.78 is 37.9. The molecule has 0 rings (SSSR count). The minimum atomic E-state index is -4.39. The molecule has 14 heavy (non-hydrogen) atoms. The van der Waals surface area contributed by atoms with Crippen LogP contribution in [0.3, 0.4) is 0 Å². The lowest BCUT2D eigenvalue weighted by Gasteiger charge is -2.30. The largest absolute Gasteiger partial charge is 0.480 e. The Hall–Kier alpha value is -0.200. The highest BCUT2D eigenvalue weighted by atomic mass is 35.5. The number of carboxylic acids is 1. The number of carbonyl (C=O) groups is 1. The zero-order chi connectivity index (χ0) is 11.7. The van der Waals surface area contributed by atoms with E-state index in [1.165, 1.54) is 0 Å². The van der Waals surface area contributed by atoms with Crippen molar-refractivity contribution in [2.24, 2.45) is 11.7 Å². The molecule has 0 saturated heterocycles. The van der Waals surface area contributed by atoms with Gasteiger partial charge in [0, 0.05) is 5.92 Å². The van der Waals surface area contributed by atoms with Gasteiger partial charge in [-0.15, -0.1) is 0 Å². The van der Waals surface area contributed by atoms with E-state index >= 15 is 0 Å². The summed E-state index contributed by atoms with van der Waals surface area (Å²) in [7, 11) is 0. The van der Waals surface area contributed by atoms with Crippen LogP contribution in [0.4, 0.5) is 13.2 Å². The smallest absolute Gasteiger partial charge is 0.369 e. The first kappa shape index (κ1) is 13.8. The molecule has 0 spiro atoms. The maximum absolute atomic E-state index is 13.1. The SMILES string of the molecule is CC(C(N)C(=O)O)C(F)(Cl)C(F)(F)Cl. The van der Waals surface area contributed by atoms with Crippen LogP contribution in [0, 0.1) is 5.92 Å². The van der Waals surface area contributed by atoms with E-state index in [-0.39, 0.29) is 0 Å². The monoisotopic (exact) mass is 253 g/mol. The van der Waals surface area contributed by atoms with Crippen LogP contribution in [0.2, 0.25) is 0 Å². The van der Waals surface area contributed by atoms with Crippen molar-refractivity contribution < 1.29 is 23.1 Å². The van der Waals surface area contributed by atoms with Gasteiger partial charge in [0.2, 0.25) is 0 Å². The van der Waals surface area contributed by atoms with Gasteiger partial charge in [-0.1, -0.05) is 18.5 Å². The molecule has 3 N–H and O–H groups in total. The fourth-order valence-corrected chi connectivity index (χ4v) is 1.01. The molecule has 3 nitrogen and oxygen atoms in total. The molecular formula is C6H8Cl2F3NO2. The number of carboxylic acid groups (broad SMARTS) is 1. The van der Waals surface area contributed by atoms with E-state index in [1.807, 2.05) is 0 Å². The normalized spacial score (nSPS) is 21.1. The van der Waals surface area contributed by atoms with Crippen LogP contribution in [0.1, 0.15) is 6.92 Å². The molecular weight excluding hydrogens is 246 g/mol.